The SMILES string of the molecule is O=S(=O)(O)CCCc1c(/C=C2\Sc3ccc(-c4cccs4)cc3N2CCCS(=O)(=O)O)sc2ccc(-c3cccs3)cc12. The fourth-order valence-corrected chi connectivity index (χ4v) is 9.93. The number of benzene rings is 2. The van der Waals surface area contributed by atoms with Crippen LogP contribution in [0.15, 0.2) is 81.3 Å². The maximum atomic E-state index is 11.5. The second kappa shape index (κ2) is 12.5. The highest BCUT2D eigenvalue weighted by Crippen LogP contribution is 2.49. The number of fused-ring (bicyclic) bond motifs is 2. The third-order valence-electron chi connectivity index (χ3n) is 7.03. The minimum atomic E-state index is -4.10. The molecule has 4 heterocycles. The lowest BCUT2D eigenvalue weighted by atomic mass is 10.0. The summed E-state index contributed by atoms with van der Waals surface area (Å²) in [5.74, 6) is -0.658. The van der Waals surface area contributed by atoms with Crippen molar-refractivity contribution in [3.05, 3.63) is 86.9 Å². The van der Waals surface area contributed by atoms with Crippen LogP contribution in [0, 0.1) is 0 Å². The number of thioether (sulfide) groups is 1. The van der Waals surface area contributed by atoms with Gasteiger partial charge in [-0.05, 0) is 94.6 Å². The maximum Gasteiger partial charge on any atom is 0.264 e. The predicted octanol–water partition coefficient (Wildman–Crippen LogP) is 8.37. The Morgan fingerprint density at radius 2 is 1.44 bits per heavy atom. The van der Waals surface area contributed by atoms with E-state index in [1.807, 2.05) is 22.9 Å². The summed E-state index contributed by atoms with van der Waals surface area (Å²) < 4.78 is 65.9. The van der Waals surface area contributed by atoms with Crippen LogP contribution in [0.3, 0.4) is 0 Å². The van der Waals surface area contributed by atoms with Crippen molar-refractivity contribution in [2.24, 2.45) is 0 Å². The molecule has 0 amide bonds. The first-order valence-corrected chi connectivity index (χ1v) is 20.0. The number of hydrogen-bond donors (Lipinski definition) is 2. The largest absolute Gasteiger partial charge is 0.335 e. The van der Waals surface area contributed by atoms with Crippen LogP contribution in [0.5, 0.6) is 0 Å². The smallest absolute Gasteiger partial charge is 0.264 e. The summed E-state index contributed by atoms with van der Waals surface area (Å²) in [6, 6.07) is 20.8. The molecule has 224 valence electrons. The van der Waals surface area contributed by atoms with Crippen LogP contribution in [0.4, 0.5) is 5.69 Å². The molecule has 43 heavy (non-hydrogen) atoms. The van der Waals surface area contributed by atoms with Crippen LogP contribution in [0.1, 0.15) is 23.3 Å². The fourth-order valence-electron chi connectivity index (χ4n) is 5.12. The van der Waals surface area contributed by atoms with Crippen molar-refractivity contribution >= 4 is 87.9 Å². The summed E-state index contributed by atoms with van der Waals surface area (Å²) in [7, 11) is -8.19. The number of aryl methyl sites for hydroxylation is 1. The highest BCUT2D eigenvalue weighted by molar-refractivity contribution is 8.04. The highest BCUT2D eigenvalue weighted by atomic mass is 32.2. The molecule has 5 aromatic rings. The second-order valence-corrected chi connectivity index (χ2v) is 17.2. The van der Waals surface area contributed by atoms with E-state index in [9.17, 15) is 25.9 Å². The van der Waals surface area contributed by atoms with E-state index in [0.717, 1.165) is 57.0 Å². The average molecular weight is 690 g/mol. The molecule has 1 aliphatic heterocycles. The number of nitrogens with zero attached hydrogens (tertiary/aromatic N) is 1. The molecule has 2 aromatic carbocycles. The molecular formula is C30H27NO6S6. The fraction of sp³-hybridized carbons (Fsp3) is 0.200. The van der Waals surface area contributed by atoms with Gasteiger partial charge in [0.05, 0.1) is 22.2 Å². The Morgan fingerprint density at radius 1 is 0.791 bits per heavy atom. The van der Waals surface area contributed by atoms with E-state index in [4.69, 9.17) is 0 Å². The number of anilines is 1. The number of rotatable bonds is 11. The van der Waals surface area contributed by atoms with Crippen molar-refractivity contribution in [1.29, 1.82) is 0 Å². The lowest BCUT2D eigenvalue weighted by molar-refractivity contribution is 0.479. The third kappa shape index (κ3) is 7.26. The number of hydrogen-bond acceptors (Lipinski definition) is 9. The molecule has 0 bridgehead atoms. The average Bonchev–Trinajstić information content (AvgIpc) is 3.75. The van der Waals surface area contributed by atoms with Crippen molar-refractivity contribution in [3.8, 4) is 20.9 Å². The monoisotopic (exact) mass is 689 g/mol. The normalized spacial score (nSPS) is 14.7. The molecule has 0 atom stereocenters. The van der Waals surface area contributed by atoms with Gasteiger partial charge in [0.2, 0.25) is 0 Å². The molecule has 7 nitrogen and oxygen atoms in total. The van der Waals surface area contributed by atoms with Crippen molar-refractivity contribution < 1.29 is 25.9 Å². The van der Waals surface area contributed by atoms with Crippen LogP contribution in [-0.4, -0.2) is 44.0 Å². The quantitative estimate of drug-likeness (QED) is 0.133. The molecule has 0 saturated heterocycles. The first kappa shape index (κ1) is 30.5. The Hall–Kier alpha value is -2.49. The summed E-state index contributed by atoms with van der Waals surface area (Å²) in [5, 5.41) is 6.04. The second-order valence-electron chi connectivity index (χ2n) is 10.1. The molecule has 0 saturated carbocycles. The van der Waals surface area contributed by atoms with E-state index in [1.165, 1.54) is 0 Å². The van der Waals surface area contributed by atoms with E-state index in [0.29, 0.717) is 13.0 Å². The van der Waals surface area contributed by atoms with Gasteiger partial charge in [-0.15, -0.1) is 34.0 Å². The standard InChI is InChI=1S/C30H27NO6S6/c32-42(33,34)15-3-5-22-23-17-20(25-6-1-13-38-25)8-10-27(23)40-29(22)19-30-31(12-4-16-43(35,36)37)24-18-21(9-11-28(24)41-30)26-7-2-14-39-26/h1-2,6-11,13-14,17-19H,3-5,12,15-16H2,(H,32,33,34)(H,35,36,37)/b30-19-. The molecular weight excluding hydrogens is 663 g/mol. The highest BCUT2D eigenvalue weighted by Gasteiger charge is 2.27. The van der Waals surface area contributed by atoms with E-state index in [2.05, 4.69) is 59.5 Å². The van der Waals surface area contributed by atoms with Gasteiger partial charge in [0.1, 0.15) is 0 Å². The summed E-state index contributed by atoms with van der Waals surface area (Å²) in [6.45, 7) is 0.394. The molecule has 0 radical (unpaired) electrons. The van der Waals surface area contributed by atoms with Crippen LogP contribution < -0.4 is 4.90 Å². The first-order chi connectivity index (χ1) is 20.5. The lowest BCUT2D eigenvalue weighted by Gasteiger charge is -2.21. The van der Waals surface area contributed by atoms with Crippen molar-refractivity contribution in [1.82, 2.24) is 0 Å². The minimum Gasteiger partial charge on any atom is -0.335 e. The third-order valence-corrected chi connectivity index (χ3v) is 12.8. The molecule has 13 heteroatoms. The Balaban J connectivity index is 1.42. The van der Waals surface area contributed by atoms with Gasteiger partial charge >= 0.3 is 0 Å². The van der Waals surface area contributed by atoms with Gasteiger partial charge < -0.3 is 4.90 Å². The van der Waals surface area contributed by atoms with Crippen LogP contribution >= 0.6 is 45.8 Å². The van der Waals surface area contributed by atoms with Crippen LogP contribution in [0.25, 0.3) is 37.0 Å². The molecule has 0 unspecified atom stereocenters. The van der Waals surface area contributed by atoms with E-state index in [1.54, 1.807) is 45.8 Å². The van der Waals surface area contributed by atoms with Gasteiger partial charge in [0.15, 0.2) is 0 Å². The maximum absolute atomic E-state index is 11.5. The summed E-state index contributed by atoms with van der Waals surface area (Å²) >= 11 is 6.53. The Labute approximate surface area is 267 Å². The Kier molecular flexibility index (Phi) is 8.86. The van der Waals surface area contributed by atoms with Gasteiger partial charge in [-0.2, -0.15) is 16.8 Å². The number of thiophene rings is 3. The lowest BCUT2D eigenvalue weighted by Crippen LogP contribution is -2.21. The molecule has 2 N–H and O–H groups in total. The van der Waals surface area contributed by atoms with Gasteiger partial charge in [0, 0.05) is 30.8 Å². The minimum absolute atomic E-state index is 0.247. The Morgan fingerprint density at radius 3 is 2.09 bits per heavy atom. The molecule has 0 fully saturated rings. The van der Waals surface area contributed by atoms with Crippen LogP contribution in [0.2, 0.25) is 0 Å². The van der Waals surface area contributed by atoms with Crippen LogP contribution in [-0.2, 0) is 26.7 Å². The van der Waals surface area contributed by atoms with E-state index < -0.39 is 20.2 Å². The Bertz CT molecular complexity index is 2010. The van der Waals surface area contributed by atoms with Gasteiger partial charge in [-0.1, -0.05) is 36.0 Å². The topological polar surface area (TPSA) is 112 Å². The van der Waals surface area contributed by atoms with Gasteiger partial charge in [-0.3, -0.25) is 9.11 Å². The first-order valence-electron chi connectivity index (χ1n) is 13.4. The zero-order chi connectivity index (χ0) is 30.2. The molecule has 0 aliphatic carbocycles. The molecule has 3 aromatic heterocycles. The van der Waals surface area contributed by atoms with Gasteiger partial charge in [-0.25, -0.2) is 0 Å². The molecule has 0 spiro atoms. The van der Waals surface area contributed by atoms with E-state index >= 15 is 0 Å². The predicted molar refractivity (Wildman–Crippen MR) is 182 cm³/mol. The zero-order valence-electron chi connectivity index (χ0n) is 22.7. The van der Waals surface area contributed by atoms with Crippen molar-refractivity contribution in [3.63, 3.8) is 0 Å². The summed E-state index contributed by atoms with van der Waals surface area (Å²) in [4.78, 5) is 6.42. The zero-order valence-corrected chi connectivity index (χ0v) is 27.6. The summed E-state index contributed by atoms with van der Waals surface area (Å²) in [5.41, 5.74) is 4.16. The van der Waals surface area contributed by atoms with Gasteiger partial charge in [0.25, 0.3) is 20.2 Å². The summed E-state index contributed by atoms with van der Waals surface area (Å²) in [6.07, 6.45) is 3.09. The molecule has 6 rings (SSSR count). The van der Waals surface area contributed by atoms with Crippen molar-refractivity contribution in [2.45, 2.75) is 24.2 Å². The molecule has 1 aliphatic rings. The van der Waals surface area contributed by atoms with E-state index in [-0.39, 0.29) is 24.3 Å². The van der Waals surface area contributed by atoms with Crippen molar-refractivity contribution in [2.75, 3.05) is 23.0 Å².